The number of hydrogen-bond donors (Lipinski definition) is 1. The smallest absolute Gasteiger partial charge is 0.121 e. The van der Waals surface area contributed by atoms with Crippen LogP contribution < -0.4 is 15.4 Å². The Morgan fingerprint density at radius 1 is 1.41 bits per heavy atom. The molecule has 1 aromatic carbocycles. The van der Waals surface area contributed by atoms with E-state index in [2.05, 4.69) is 24.8 Å². The molecule has 94 valence electrons. The molecule has 2 N–H and O–H groups in total. The summed E-state index contributed by atoms with van der Waals surface area (Å²) in [5.74, 6) is 1.98. The number of methoxy groups -OCH3 is 1. The highest BCUT2D eigenvalue weighted by atomic mass is 32.2. The number of thioether (sulfide) groups is 1. The molecule has 0 aromatic heterocycles. The molecule has 0 bridgehead atoms. The number of benzene rings is 1. The zero-order chi connectivity index (χ0) is 12.4. The van der Waals surface area contributed by atoms with Crippen LogP contribution in [0.5, 0.6) is 5.75 Å². The van der Waals surface area contributed by atoms with E-state index in [-0.39, 0.29) is 0 Å². The summed E-state index contributed by atoms with van der Waals surface area (Å²) in [7, 11) is 1.66. The van der Waals surface area contributed by atoms with Crippen LogP contribution >= 0.6 is 11.8 Å². The van der Waals surface area contributed by atoms with Crippen LogP contribution in [-0.2, 0) is 0 Å². The van der Waals surface area contributed by atoms with Crippen LogP contribution in [0.4, 0.5) is 11.4 Å². The summed E-state index contributed by atoms with van der Waals surface area (Å²) >= 11 is 2.03. The first-order chi connectivity index (χ1) is 8.13. The first-order valence-corrected chi connectivity index (χ1v) is 7.00. The van der Waals surface area contributed by atoms with Gasteiger partial charge in [0.25, 0.3) is 0 Å². The van der Waals surface area contributed by atoms with Crippen LogP contribution in [-0.4, -0.2) is 30.7 Å². The van der Waals surface area contributed by atoms with Gasteiger partial charge in [-0.1, -0.05) is 6.92 Å². The van der Waals surface area contributed by atoms with Gasteiger partial charge in [0.2, 0.25) is 0 Å². The van der Waals surface area contributed by atoms with Gasteiger partial charge in [0.05, 0.1) is 18.5 Å². The minimum atomic E-state index is 0.518. The van der Waals surface area contributed by atoms with Gasteiger partial charge in [-0.05, 0) is 19.1 Å². The molecule has 0 amide bonds. The summed E-state index contributed by atoms with van der Waals surface area (Å²) in [6, 6.07) is 6.46. The maximum Gasteiger partial charge on any atom is 0.121 e. The van der Waals surface area contributed by atoms with Crippen LogP contribution in [0.15, 0.2) is 18.2 Å². The van der Waals surface area contributed by atoms with Crippen molar-refractivity contribution < 1.29 is 4.74 Å². The summed E-state index contributed by atoms with van der Waals surface area (Å²) < 4.78 is 5.18. The van der Waals surface area contributed by atoms with E-state index in [1.165, 1.54) is 0 Å². The molecule has 2 atom stereocenters. The predicted octanol–water partition coefficient (Wildman–Crippen LogP) is 2.61. The van der Waals surface area contributed by atoms with Gasteiger partial charge >= 0.3 is 0 Å². The number of ether oxygens (including phenoxy) is 1. The molecule has 0 aliphatic carbocycles. The molecule has 0 saturated carbocycles. The molecule has 2 rings (SSSR count). The van der Waals surface area contributed by atoms with Crippen molar-refractivity contribution in [1.82, 2.24) is 0 Å². The summed E-state index contributed by atoms with van der Waals surface area (Å²) in [4.78, 5) is 2.40. The number of nitrogens with two attached hydrogens (primary N) is 1. The second-order valence-corrected chi connectivity index (χ2v) is 5.92. The van der Waals surface area contributed by atoms with Crippen molar-refractivity contribution in [1.29, 1.82) is 0 Å². The first kappa shape index (κ1) is 12.4. The SMILES string of the molecule is COc1ccc(N2CCSC(C)C2C)c(N)c1. The van der Waals surface area contributed by atoms with Gasteiger partial charge in [-0.2, -0.15) is 11.8 Å². The van der Waals surface area contributed by atoms with Crippen molar-refractivity contribution in [3.8, 4) is 5.75 Å². The molecule has 2 unspecified atom stereocenters. The van der Waals surface area contributed by atoms with Gasteiger partial charge in [-0.25, -0.2) is 0 Å². The summed E-state index contributed by atoms with van der Waals surface area (Å²) in [5.41, 5.74) is 8.04. The lowest BCUT2D eigenvalue weighted by molar-refractivity contribution is 0.415. The Morgan fingerprint density at radius 2 is 2.18 bits per heavy atom. The van der Waals surface area contributed by atoms with Gasteiger partial charge in [0.1, 0.15) is 5.75 Å². The van der Waals surface area contributed by atoms with E-state index in [1.807, 2.05) is 23.9 Å². The van der Waals surface area contributed by atoms with Crippen LogP contribution in [0.2, 0.25) is 0 Å². The highest BCUT2D eigenvalue weighted by Crippen LogP contribution is 2.34. The fraction of sp³-hybridized carbons (Fsp3) is 0.538. The summed E-state index contributed by atoms with van der Waals surface area (Å²) in [6.45, 7) is 5.61. The summed E-state index contributed by atoms with van der Waals surface area (Å²) in [5, 5.41) is 0.644. The Kier molecular flexibility index (Phi) is 3.72. The number of hydrogen-bond acceptors (Lipinski definition) is 4. The second-order valence-electron chi connectivity index (χ2n) is 4.43. The van der Waals surface area contributed by atoms with Gasteiger partial charge in [0, 0.05) is 29.7 Å². The quantitative estimate of drug-likeness (QED) is 0.821. The molecule has 4 heteroatoms. The van der Waals surface area contributed by atoms with E-state index >= 15 is 0 Å². The van der Waals surface area contributed by atoms with Crippen molar-refractivity contribution in [3.63, 3.8) is 0 Å². The molecule has 1 saturated heterocycles. The van der Waals surface area contributed by atoms with Crippen LogP contribution in [0.3, 0.4) is 0 Å². The highest BCUT2D eigenvalue weighted by Gasteiger charge is 2.26. The molecule has 1 aromatic rings. The third-order valence-electron chi connectivity index (χ3n) is 3.43. The van der Waals surface area contributed by atoms with Crippen molar-refractivity contribution in [2.75, 3.05) is 30.0 Å². The largest absolute Gasteiger partial charge is 0.497 e. The molecule has 1 heterocycles. The lowest BCUT2D eigenvalue weighted by atomic mass is 10.1. The zero-order valence-corrected chi connectivity index (χ0v) is 11.5. The Bertz CT molecular complexity index is 397. The first-order valence-electron chi connectivity index (χ1n) is 5.95. The van der Waals surface area contributed by atoms with E-state index in [0.717, 1.165) is 29.4 Å². The van der Waals surface area contributed by atoms with E-state index in [0.29, 0.717) is 11.3 Å². The minimum absolute atomic E-state index is 0.518. The van der Waals surface area contributed by atoms with Gasteiger partial charge < -0.3 is 15.4 Å². The van der Waals surface area contributed by atoms with Gasteiger partial charge in [-0.15, -0.1) is 0 Å². The monoisotopic (exact) mass is 252 g/mol. The molecule has 0 spiro atoms. The Labute approximate surface area is 107 Å². The molecule has 0 radical (unpaired) electrons. The lowest BCUT2D eigenvalue weighted by Crippen LogP contribution is -2.45. The Balaban J connectivity index is 2.27. The number of nitrogen functional groups attached to an aromatic ring is 1. The van der Waals surface area contributed by atoms with E-state index in [4.69, 9.17) is 10.5 Å². The Hall–Kier alpha value is -1.03. The molecule has 1 aliphatic heterocycles. The number of anilines is 2. The van der Waals surface area contributed by atoms with Gasteiger partial charge in [-0.3, -0.25) is 0 Å². The molecule has 1 aliphatic rings. The van der Waals surface area contributed by atoms with Gasteiger partial charge in [0.15, 0.2) is 0 Å². The van der Waals surface area contributed by atoms with Crippen LogP contribution in [0, 0.1) is 0 Å². The van der Waals surface area contributed by atoms with E-state index in [9.17, 15) is 0 Å². The molecular formula is C13H20N2OS. The van der Waals surface area contributed by atoms with Crippen molar-refractivity contribution >= 4 is 23.1 Å². The maximum absolute atomic E-state index is 6.11. The topological polar surface area (TPSA) is 38.5 Å². The summed E-state index contributed by atoms with van der Waals surface area (Å²) in [6.07, 6.45) is 0. The number of nitrogens with zero attached hydrogens (tertiary/aromatic N) is 1. The standard InChI is InChI=1S/C13H20N2OS/c1-9-10(2)17-7-6-15(9)13-5-4-11(16-3)8-12(13)14/h4-5,8-10H,6-7,14H2,1-3H3. The fourth-order valence-corrected chi connectivity index (χ4v) is 3.29. The average molecular weight is 252 g/mol. The molecule has 1 fully saturated rings. The highest BCUT2D eigenvalue weighted by molar-refractivity contribution is 8.00. The molecule has 17 heavy (non-hydrogen) atoms. The van der Waals surface area contributed by atoms with Crippen LogP contribution in [0.25, 0.3) is 0 Å². The van der Waals surface area contributed by atoms with Crippen molar-refractivity contribution in [2.45, 2.75) is 25.1 Å². The van der Waals surface area contributed by atoms with Crippen molar-refractivity contribution in [2.24, 2.45) is 0 Å². The minimum Gasteiger partial charge on any atom is -0.497 e. The van der Waals surface area contributed by atoms with E-state index in [1.54, 1.807) is 7.11 Å². The zero-order valence-electron chi connectivity index (χ0n) is 10.6. The maximum atomic E-state index is 6.11. The normalized spacial score (nSPS) is 24.8. The third kappa shape index (κ3) is 2.46. The predicted molar refractivity (Wildman–Crippen MR) is 76.1 cm³/mol. The lowest BCUT2D eigenvalue weighted by Gasteiger charge is -2.39. The molecular weight excluding hydrogens is 232 g/mol. The number of rotatable bonds is 2. The Morgan fingerprint density at radius 3 is 2.82 bits per heavy atom. The second kappa shape index (κ2) is 5.08. The fourth-order valence-electron chi connectivity index (χ4n) is 2.19. The third-order valence-corrected chi connectivity index (χ3v) is 4.77. The van der Waals surface area contributed by atoms with Crippen molar-refractivity contribution in [3.05, 3.63) is 18.2 Å². The average Bonchev–Trinajstić information content (AvgIpc) is 2.33. The van der Waals surface area contributed by atoms with Crippen LogP contribution in [0.1, 0.15) is 13.8 Å². The molecule has 3 nitrogen and oxygen atoms in total. The van der Waals surface area contributed by atoms with E-state index < -0.39 is 0 Å².